The van der Waals surface area contributed by atoms with Crippen molar-refractivity contribution in [3.63, 3.8) is 0 Å². The first-order valence-corrected chi connectivity index (χ1v) is 9.76. The van der Waals surface area contributed by atoms with Gasteiger partial charge in [0.15, 0.2) is 0 Å². The van der Waals surface area contributed by atoms with Crippen molar-refractivity contribution in [1.29, 1.82) is 0 Å². The average molecular weight is 395 g/mol. The van der Waals surface area contributed by atoms with Crippen LogP contribution in [0.2, 0.25) is 5.02 Å². The Bertz CT molecular complexity index is 910. The Kier molecular flexibility index (Phi) is 5.76. The lowest BCUT2D eigenvalue weighted by Crippen LogP contribution is -2.42. The van der Waals surface area contributed by atoms with Gasteiger partial charge in [-0.2, -0.15) is 0 Å². The van der Waals surface area contributed by atoms with Crippen LogP contribution in [0.3, 0.4) is 0 Å². The molecule has 5 nitrogen and oxygen atoms in total. The summed E-state index contributed by atoms with van der Waals surface area (Å²) >= 11 is 6.72. The minimum absolute atomic E-state index is 0.131. The molecule has 144 valence electrons. The Morgan fingerprint density at radius 3 is 2.75 bits per heavy atom. The molecule has 0 radical (unpaired) electrons. The number of amidine groups is 1. The molecule has 4 rings (SSSR count). The molecule has 2 heterocycles. The van der Waals surface area contributed by atoms with Gasteiger partial charge >= 0.3 is 0 Å². The number of rotatable bonds is 6. The second-order valence-corrected chi connectivity index (χ2v) is 7.15. The van der Waals surface area contributed by atoms with E-state index in [1.807, 2.05) is 42.6 Å². The van der Waals surface area contributed by atoms with Crippen LogP contribution in [0.1, 0.15) is 0 Å². The number of nitrogens with zero attached hydrogens (tertiary/aromatic N) is 2. The van der Waals surface area contributed by atoms with E-state index in [1.54, 1.807) is 0 Å². The summed E-state index contributed by atoms with van der Waals surface area (Å²) in [7, 11) is 0. The molecule has 2 atom stereocenters. The minimum atomic E-state index is 0.131. The molecule has 0 bridgehead atoms. The van der Waals surface area contributed by atoms with Gasteiger partial charge in [0.05, 0.1) is 35.9 Å². The third-order valence-electron chi connectivity index (χ3n) is 4.98. The molecular formula is C22H23ClN4O. The molecule has 0 amide bonds. The second kappa shape index (κ2) is 8.61. The quantitative estimate of drug-likeness (QED) is 0.654. The smallest absolute Gasteiger partial charge is 0.115 e. The number of aliphatic imine (C=N–C) groups is 1. The number of hydrogen-bond donors (Lipinski definition) is 3. The summed E-state index contributed by atoms with van der Waals surface area (Å²) in [6.07, 6.45) is 8.16. The number of benzene rings is 2. The van der Waals surface area contributed by atoms with Crippen LogP contribution in [0.25, 0.3) is 11.1 Å². The van der Waals surface area contributed by atoms with Gasteiger partial charge in [-0.05, 0) is 23.9 Å². The van der Waals surface area contributed by atoms with Crippen molar-refractivity contribution in [3.05, 3.63) is 78.1 Å². The van der Waals surface area contributed by atoms with Gasteiger partial charge < -0.3 is 15.3 Å². The van der Waals surface area contributed by atoms with E-state index in [1.165, 1.54) is 0 Å². The molecule has 0 saturated carbocycles. The summed E-state index contributed by atoms with van der Waals surface area (Å²) < 4.78 is 0. The molecule has 0 saturated heterocycles. The van der Waals surface area contributed by atoms with Gasteiger partial charge in [-0.15, -0.1) is 0 Å². The van der Waals surface area contributed by atoms with Crippen molar-refractivity contribution in [3.8, 4) is 11.1 Å². The van der Waals surface area contributed by atoms with Crippen molar-refractivity contribution >= 4 is 23.1 Å². The summed E-state index contributed by atoms with van der Waals surface area (Å²) in [5.74, 6) is 1.01. The lowest BCUT2D eigenvalue weighted by molar-refractivity contribution is 0.258. The Hall–Kier alpha value is -2.60. The molecule has 6 heteroatoms. The number of aliphatic hydroxyl groups excluding tert-OH is 1. The molecule has 2 aliphatic heterocycles. The third-order valence-corrected chi connectivity index (χ3v) is 5.38. The van der Waals surface area contributed by atoms with E-state index in [-0.39, 0.29) is 18.6 Å². The molecule has 28 heavy (non-hydrogen) atoms. The largest absolute Gasteiger partial charge is 0.395 e. The van der Waals surface area contributed by atoms with E-state index in [0.717, 1.165) is 22.6 Å². The molecular weight excluding hydrogens is 372 g/mol. The van der Waals surface area contributed by atoms with Crippen molar-refractivity contribution in [1.82, 2.24) is 10.2 Å². The fourth-order valence-electron chi connectivity index (χ4n) is 3.57. The zero-order valence-corrected chi connectivity index (χ0v) is 16.2. The fraction of sp³-hybridized carbons (Fsp3) is 0.227. The van der Waals surface area contributed by atoms with Gasteiger partial charge in [-0.1, -0.05) is 60.1 Å². The molecule has 0 aromatic heterocycles. The number of anilines is 1. The summed E-state index contributed by atoms with van der Waals surface area (Å²) in [5, 5.41) is 16.3. The van der Waals surface area contributed by atoms with E-state index >= 15 is 0 Å². The van der Waals surface area contributed by atoms with Gasteiger partial charge in [-0.3, -0.25) is 5.32 Å². The number of hydrogen-bond acceptors (Lipinski definition) is 5. The highest BCUT2D eigenvalue weighted by atomic mass is 35.5. The predicted molar refractivity (Wildman–Crippen MR) is 115 cm³/mol. The highest BCUT2D eigenvalue weighted by molar-refractivity contribution is 6.36. The third kappa shape index (κ3) is 3.83. The molecule has 2 aliphatic rings. The zero-order valence-electron chi connectivity index (χ0n) is 15.4. The maximum Gasteiger partial charge on any atom is 0.115 e. The lowest BCUT2D eigenvalue weighted by atomic mass is 9.98. The van der Waals surface area contributed by atoms with Gasteiger partial charge in [-0.25, -0.2) is 4.99 Å². The van der Waals surface area contributed by atoms with Crippen LogP contribution in [0.5, 0.6) is 0 Å². The topological polar surface area (TPSA) is 59.9 Å². The number of fused-ring (bicyclic) bond motifs is 1. The first kappa shape index (κ1) is 18.7. The number of halogens is 1. The van der Waals surface area contributed by atoms with Gasteiger partial charge in [0.25, 0.3) is 0 Å². The van der Waals surface area contributed by atoms with Gasteiger partial charge in [0.2, 0.25) is 0 Å². The van der Waals surface area contributed by atoms with Crippen LogP contribution in [-0.2, 0) is 0 Å². The van der Waals surface area contributed by atoms with Crippen LogP contribution in [0.4, 0.5) is 5.69 Å². The number of aliphatic hydroxyl groups is 1. The molecule has 0 fully saturated rings. The Balaban J connectivity index is 1.52. The first-order chi connectivity index (χ1) is 13.8. The molecule has 2 aromatic rings. The van der Waals surface area contributed by atoms with Crippen LogP contribution < -0.4 is 10.6 Å². The maximum absolute atomic E-state index is 8.95. The van der Waals surface area contributed by atoms with Crippen LogP contribution in [0, 0.1) is 5.92 Å². The normalized spacial score (nSPS) is 20.2. The number of nitrogens with one attached hydrogen (secondary N) is 2. The SMILES string of the molecule is OCCNCN1C=CC2C(Nc3cccc(-c4ccccc4)c3Cl)=NC=CC21. The summed E-state index contributed by atoms with van der Waals surface area (Å²) in [4.78, 5) is 6.77. The predicted octanol–water partition coefficient (Wildman–Crippen LogP) is 3.70. The Morgan fingerprint density at radius 1 is 1.07 bits per heavy atom. The van der Waals surface area contributed by atoms with E-state index in [4.69, 9.17) is 16.7 Å². The summed E-state index contributed by atoms with van der Waals surface area (Å²) in [5.41, 5.74) is 2.93. The van der Waals surface area contributed by atoms with Crippen molar-refractivity contribution in [2.24, 2.45) is 10.9 Å². The summed E-state index contributed by atoms with van der Waals surface area (Å²) in [6.45, 7) is 1.39. The molecule has 2 unspecified atom stereocenters. The Morgan fingerprint density at radius 2 is 1.93 bits per heavy atom. The van der Waals surface area contributed by atoms with Crippen molar-refractivity contribution < 1.29 is 5.11 Å². The molecule has 0 aliphatic carbocycles. The van der Waals surface area contributed by atoms with Crippen molar-refractivity contribution in [2.75, 3.05) is 25.1 Å². The van der Waals surface area contributed by atoms with Crippen molar-refractivity contribution in [2.45, 2.75) is 6.04 Å². The van der Waals surface area contributed by atoms with E-state index in [9.17, 15) is 0 Å². The summed E-state index contributed by atoms with van der Waals surface area (Å²) in [6, 6.07) is 16.3. The standard InChI is InChI=1S/C22H23ClN4O/c23-21-17(16-5-2-1-3-6-16)7-4-8-19(21)26-22-18-10-13-27(15-24-12-14-28)20(18)9-11-25-22/h1-11,13,18,20,24,28H,12,14-15H2,(H,25,26). The van der Waals surface area contributed by atoms with E-state index in [2.05, 4.69) is 51.0 Å². The average Bonchev–Trinajstić information content (AvgIpc) is 3.15. The first-order valence-electron chi connectivity index (χ1n) is 9.39. The van der Waals surface area contributed by atoms with Crippen LogP contribution in [0.15, 0.2) is 78.1 Å². The highest BCUT2D eigenvalue weighted by Crippen LogP contribution is 2.35. The monoisotopic (exact) mass is 394 g/mol. The molecule has 3 N–H and O–H groups in total. The van der Waals surface area contributed by atoms with E-state index in [0.29, 0.717) is 18.2 Å². The minimum Gasteiger partial charge on any atom is -0.395 e. The van der Waals surface area contributed by atoms with Crippen LogP contribution >= 0.6 is 11.6 Å². The fourth-order valence-corrected chi connectivity index (χ4v) is 3.85. The van der Waals surface area contributed by atoms with Gasteiger partial charge in [0, 0.05) is 18.3 Å². The highest BCUT2D eigenvalue weighted by Gasteiger charge is 2.33. The second-order valence-electron chi connectivity index (χ2n) is 6.77. The Labute approximate surface area is 170 Å². The van der Waals surface area contributed by atoms with E-state index < -0.39 is 0 Å². The zero-order chi connectivity index (χ0) is 19.3. The molecule has 0 spiro atoms. The van der Waals surface area contributed by atoms with Crippen LogP contribution in [-0.4, -0.2) is 41.7 Å². The molecule has 2 aromatic carbocycles. The lowest BCUT2D eigenvalue weighted by Gasteiger charge is -2.30. The maximum atomic E-state index is 8.95. The van der Waals surface area contributed by atoms with Gasteiger partial charge in [0.1, 0.15) is 5.84 Å².